The number of ether oxygens (including phenoxy) is 1. The number of carbonyl (C=O) groups excluding carboxylic acids is 1. The van der Waals surface area contributed by atoms with E-state index in [1.807, 2.05) is 36.1 Å². The van der Waals surface area contributed by atoms with Gasteiger partial charge in [0.05, 0.1) is 17.9 Å². The van der Waals surface area contributed by atoms with Crippen molar-refractivity contribution in [2.45, 2.75) is 32.7 Å². The molecule has 2 aliphatic rings. The number of benzene rings is 3. The molecule has 1 unspecified atom stereocenters. The monoisotopic (exact) mass is 620 g/mol. The van der Waals surface area contributed by atoms with E-state index in [2.05, 4.69) is 51.0 Å². The largest absolute Gasteiger partial charge is 0.573 e. The first-order chi connectivity index (χ1) is 21.0. The minimum absolute atomic E-state index is 0.287. The Labute approximate surface area is 255 Å². The lowest BCUT2D eigenvalue weighted by atomic mass is 9.93. The molecule has 2 aliphatic heterocycles. The van der Waals surface area contributed by atoms with Gasteiger partial charge in [-0.1, -0.05) is 61.2 Å². The van der Waals surface area contributed by atoms with E-state index in [1.165, 1.54) is 57.7 Å². The van der Waals surface area contributed by atoms with Gasteiger partial charge in [-0.3, -0.25) is 4.90 Å². The first-order valence-corrected chi connectivity index (χ1v) is 14.6. The van der Waals surface area contributed by atoms with E-state index in [1.54, 1.807) is 7.05 Å². The lowest BCUT2D eigenvalue weighted by Gasteiger charge is -2.30. The lowest BCUT2D eigenvalue weighted by Crippen LogP contribution is -2.28. The molecule has 1 fully saturated rings. The van der Waals surface area contributed by atoms with Crippen molar-refractivity contribution in [1.29, 1.82) is 0 Å². The van der Waals surface area contributed by atoms with Crippen molar-refractivity contribution >= 4 is 28.7 Å². The number of nitrogens with zero attached hydrogens (tertiary/aromatic N) is 6. The molecule has 3 aromatic carbocycles. The quantitative estimate of drug-likeness (QED) is 0.209. The number of anilines is 1. The Morgan fingerprint density at radius 2 is 1.86 bits per heavy atom. The summed E-state index contributed by atoms with van der Waals surface area (Å²) in [5, 5.41) is 6.44. The van der Waals surface area contributed by atoms with Crippen molar-refractivity contribution in [3.8, 4) is 22.8 Å². The summed E-state index contributed by atoms with van der Waals surface area (Å²) in [4.78, 5) is 28.9. The van der Waals surface area contributed by atoms with Crippen LogP contribution in [0.1, 0.15) is 29.5 Å². The molecule has 0 bridgehead atoms. The number of allylic oxidation sites excluding steroid dienone is 1. The standard InChI is InChI=1S/C31H27F3N6O3S/c1-19-4-13-26-20(2)15-24-17-44-29(40(24)27(26)14-19)36-30(41)43-38(3)16-21-5-7-22(8-6-21)28-35-18-39(37-28)23-9-11-25(12-10-23)42-31(32,33)34/h4-15,18,20H,16-17H2,1-3H3. The molecule has 0 aliphatic carbocycles. The normalized spacial score (nSPS) is 17.0. The van der Waals surface area contributed by atoms with Crippen molar-refractivity contribution in [3.63, 3.8) is 0 Å². The summed E-state index contributed by atoms with van der Waals surface area (Å²) in [6.07, 6.45) is -1.77. The Kier molecular flexibility index (Phi) is 7.91. The molecular weight excluding hydrogens is 593 g/mol. The first-order valence-electron chi connectivity index (χ1n) is 13.7. The summed E-state index contributed by atoms with van der Waals surface area (Å²) in [6, 6.07) is 19.1. The maximum absolute atomic E-state index is 12.8. The predicted octanol–water partition coefficient (Wildman–Crippen LogP) is 7.24. The van der Waals surface area contributed by atoms with E-state index in [0.717, 1.165) is 33.8 Å². The molecule has 9 nitrogen and oxygen atoms in total. The summed E-state index contributed by atoms with van der Waals surface area (Å²) in [7, 11) is 1.66. The molecule has 0 spiro atoms. The highest BCUT2D eigenvalue weighted by Crippen LogP contribution is 2.43. The highest BCUT2D eigenvalue weighted by atomic mass is 32.2. The molecule has 226 valence electrons. The number of aliphatic imine (C=N–C) groups is 1. The van der Waals surface area contributed by atoms with Gasteiger partial charge < -0.3 is 9.57 Å². The van der Waals surface area contributed by atoms with Crippen molar-refractivity contribution in [2.75, 3.05) is 17.7 Å². The Balaban J connectivity index is 1.07. The summed E-state index contributed by atoms with van der Waals surface area (Å²) < 4.78 is 42.6. The second-order valence-corrected chi connectivity index (χ2v) is 11.4. The summed E-state index contributed by atoms with van der Waals surface area (Å²) in [5.74, 6) is 1.15. The molecule has 4 aromatic rings. The third-order valence-electron chi connectivity index (χ3n) is 7.05. The van der Waals surface area contributed by atoms with Crippen molar-refractivity contribution < 1.29 is 27.5 Å². The van der Waals surface area contributed by atoms with Crippen LogP contribution in [0.5, 0.6) is 5.75 Å². The summed E-state index contributed by atoms with van der Waals surface area (Å²) >= 11 is 1.51. The van der Waals surface area contributed by atoms with E-state index in [-0.39, 0.29) is 11.7 Å². The molecule has 0 saturated carbocycles. The van der Waals surface area contributed by atoms with Gasteiger partial charge in [-0.15, -0.1) is 28.3 Å². The van der Waals surface area contributed by atoms with Gasteiger partial charge in [0.1, 0.15) is 12.1 Å². The molecule has 44 heavy (non-hydrogen) atoms. The number of thioether (sulfide) groups is 1. The van der Waals surface area contributed by atoms with Crippen LogP contribution < -0.4 is 9.64 Å². The van der Waals surface area contributed by atoms with Crippen LogP contribution in [0.3, 0.4) is 0 Å². The molecule has 1 amide bonds. The van der Waals surface area contributed by atoms with Gasteiger partial charge in [0, 0.05) is 30.0 Å². The van der Waals surface area contributed by atoms with Gasteiger partial charge >= 0.3 is 12.5 Å². The van der Waals surface area contributed by atoms with Crippen LogP contribution in [0.2, 0.25) is 0 Å². The number of amidine groups is 1. The Morgan fingerprint density at radius 1 is 1.11 bits per heavy atom. The van der Waals surface area contributed by atoms with Crippen LogP contribution >= 0.6 is 11.8 Å². The summed E-state index contributed by atoms with van der Waals surface area (Å²) in [6.45, 7) is 4.54. The molecular formula is C31H27F3N6O3S. The zero-order valence-corrected chi connectivity index (χ0v) is 24.8. The number of alkyl halides is 3. The maximum Gasteiger partial charge on any atom is 0.573 e. The van der Waals surface area contributed by atoms with E-state index in [9.17, 15) is 18.0 Å². The average Bonchev–Trinajstić information content (AvgIpc) is 3.61. The smallest absolute Gasteiger partial charge is 0.406 e. The number of aromatic nitrogens is 3. The molecule has 1 atom stereocenters. The van der Waals surface area contributed by atoms with Gasteiger partial charge in [0.2, 0.25) is 0 Å². The number of aryl methyl sites for hydroxylation is 1. The van der Waals surface area contributed by atoms with Gasteiger partial charge in [0.25, 0.3) is 0 Å². The number of fused-ring (bicyclic) bond motifs is 3. The molecule has 3 heterocycles. The van der Waals surface area contributed by atoms with E-state index in [4.69, 9.17) is 4.84 Å². The number of hydrogen-bond acceptors (Lipinski definition) is 7. The minimum Gasteiger partial charge on any atom is -0.406 e. The molecule has 1 saturated heterocycles. The third kappa shape index (κ3) is 6.48. The van der Waals surface area contributed by atoms with Gasteiger partial charge in [-0.25, -0.2) is 14.5 Å². The maximum atomic E-state index is 12.8. The Bertz CT molecular complexity index is 1750. The fraction of sp³-hybridized carbons (Fsp3) is 0.226. The van der Waals surface area contributed by atoms with E-state index >= 15 is 0 Å². The van der Waals surface area contributed by atoms with E-state index < -0.39 is 12.5 Å². The zero-order valence-electron chi connectivity index (χ0n) is 23.9. The second-order valence-electron chi connectivity index (χ2n) is 10.4. The molecule has 1 aromatic heterocycles. The zero-order chi connectivity index (χ0) is 31.0. The second kappa shape index (κ2) is 11.8. The number of amides is 1. The Hall–Kier alpha value is -4.62. The lowest BCUT2D eigenvalue weighted by molar-refractivity contribution is -0.274. The number of halogens is 3. The minimum atomic E-state index is -4.76. The average molecular weight is 621 g/mol. The van der Waals surface area contributed by atoms with Crippen LogP contribution in [0.15, 0.2) is 89.8 Å². The van der Waals surface area contributed by atoms with Gasteiger partial charge in [-0.2, -0.15) is 0 Å². The van der Waals surface area contributed by atoms with Crippen molar-refractivity contribution in [1.82, 2.24) is 19.8 Å². The van der Waals surface area contributed by atoms with Crippen LogP contribution in [0.4, 0.5) is 23.7 Å². The van der Waals surface area contributed by atoms with Crippen LogP contribution in [0.25, 0.3) is 17.1 Å². The van der Waals surface area contributed by atoms with E-state index in [0.29, 0.717) is 23.2 Å². The highest BCUT2D eigenvalue weighted by molar-refractivity contribution is 8.14. The van der Waals surface area contributed by atoms with Gasteiger partial charge in [-0.05, 0) is 53.9 Å². The first kappa shape index (κ1) is 29.5. The topological polar surface area (TPSA) is 85.1 Å². The predicted molar refractivity (Wildman–Crippen MR) is 161 cm³/mol. The SMILES string of the molecule is Cc1ccc2c(c1)N1C(=CC2C)CSC1=NC(=O)ON(C)Cc1ccc(-c2ncn(-c3ccc(OC(F)(F)F)cc3)n2)cc1. The number of hydrogen-bond donors (Lipinski definition) is 0. The third-order valence-corrected chi connectivity index (χ3v) is 8.02. The molecule has 6 rings (SSSR count). The Morgan fingerprint density at radius 3 is 2.59 bits per heavy atom. The number of carbonyl (C=O) groups is 1. The fourth-order valence-corrected chi connectivity index (χ4v) is 6.05. The van der Waals surface area contributed by atoms with Crippen LogP contribution in [-0.2, 0) is 11.4 Å². The van der Waals surface area contributed by atoms with Gasteiger partial charge in [0.15, 0.2) is 11.0 Å². The highest BCUT2D eigenvalue weighted by Gasteiger charge is 2.34. The number of hydroxylamine groups is 2. The van der Waals surface area contributed by atoms with Crippen molar-refractivity contribution in [2.24, 2.45) is 4.99 Å². The van der Waals surface area contributed by atoms with Crippen LogP contribution in [-0.4, -0.2) is 50.3 Å². The summed E-state index contributed by atoms with van der Waals surface area (Å²) in [5.41, 5.74) is 6.65. The van der Waals surface area contributed by atoms with Crippen LogP contribution in [0, 0.1) is 6.92 Å². The molecule has 13 heteroatoms. The molecule has 0 radical (unpaired) electrons. The number of rotatable bonds is 6. The van der Waals surface area contributed by atoms with Crippen molar-refractivity contribution in [3.05, 3.63) is 102 Å². The fourth-order valence-electron chi connectivity index (χ4n) is 5.06. The molecule has 0 N–H and O–H groups in total.